The molecule has 1 aliphatic heterocycles. The van der Waals surface area contributed by atoms with Crippen LogP contribution >= 0.6 is 0 Å². The van der Waals surface area contributed by atoms with E-state index in [0.717, 1.165) is 12.3 Å². The Bertz CT molecular complexity index is 1070. The van der Waals surface area contributed by atoms with E-state index in [1.165, 1.54) is 6.20 Å². The predicted octanol–water partition coefficient (Wildman–Crippen LogP) is 3.22. The van der Waals surface area contributed by atoms with E-state index in [-0.39, 0.29) is 11.9 Å². The zero-order valence-corrected chi connectivity index (χ0v) is 15.8. The highest BCUT2D eigenvalue weighted by Gasteiger charge is 2.33. The summed E-state index contributed by atoms with van der Waals surface area (Å²) in [7, 11) is 0. The molecule has 30 heavy (non-hydrogen) atoms. The highest BCUT2D eigenvalue weighted by atomic mass is 19.4. The van der Waals surface area contributed by atoms with Crippen molar-refractivity contribution in [3.8, 4) is 11.3 Å². The molecule has 8 nitrogen and oxygen atoms in total. The normalized spacial score (nSPS) is 17.0. The lowest BCUT2D eigenvalue weighted by Crippen LogP contribution is -2.54. The number of hydrogen-bond acceptors (Lipinski definition) is 7. The highest BCUT2D eigenvalue weighted by Crippen LogP contribution is 2.30. The van der Waals surface area contributed by atoms with Gasteiger partial charge in [0.15, 0.2) is 5.76 Å². The van der Waals surface area contributed by atoms with Gasteiger partial charge in [0.05, 0.1) is 6.20 Å². The van der Waals surface area contributed by atoms with E-state index in [1.807, 2.05) is 0 Å². The molecule has 1 saturated heterocycles. The second kappa shape index (κ2) is 7.65. The molecule has 3 aromatic rings. The van der Waals surface area contributed by atoms with Crippen LogP contribution in [0.2, 0.25) is 0 Å². The van der Waals surface area contributed by atoms with Crippen molar-refractivity contribution in [2.75, 3.05) is 23.3 Å². The summed E-state index contributed by atoms with van der Waals surface area (Å²) >= 11 is 0. The largest absolute Gasteiger partial charge is 0.433 e. The first kappa shape index (κ1) is 19.7. The van der Waals surface area contributed by atoms with Gasteiger partial charge in [0, 0.05) is 30.5 Å². The summed E-state index contributed by atoms with van der Waals surface area (Å²) in [5, 5.41) is 5.54. The van der Waals surface area contributed by atoms with Gasteiger partial charge in [-0.05, 0) is 25.1 Å². The molecular weight excluding hydrogens is 401 g/mol. The molecule has 156 valence electrons. The van der Waals surface area contributed by atoms with Gasteiger partial charge in [0.1, 0.15) is 11.7 Å². The van der Waals surface area contributed by atoms with Gasteiger partial charge in [-0.2, -0.15) is 13.2 Å². The number of carbonyl (C=O) groups is 1. The molecular formula is C19H17F3N6O2. The lowest BCUT2D eigenvalue weighted by Gasteiger charge is -2.31. The molecule has 0 saturated carbocycles. The van der Waals surface area contributed by atoms with Gasteiger partial charge in [-0.25, -0.2) is 15.0 Å². The van der Waals surface area contributed by atoms with Crippen LogP contribution in [-0.2, 0) is 11.0 Å². The van der Waals surface area contributed by atoms with E-state index in [1.54, 1.807) is 36.1 Å². The van der Waals surface area contributed by atoms with E-state index >= 15 is 0 Å². The second-order valence-corrected chi connectivity index (χ2v) is 6.64. The number of amides is 1. The van der Waals surface area contributed by atoms with Crippen LogP contribution in [0.1, 0.15) is 12.6 Å². The standard InChI is InChI=1S/C19H17F3N6O2/c1-11-16(29)23-7-8-28(11)18-25-10-14(30-18)12-3-2-4-13(9-12)26-17-24-6-5-15(27-17)19(20,21)22/h2-6,9-11H,7-8H2,1H3,(H,23,29)(H,24,26,27). The minimum atomic E-state index is -4.56. The van der Waals surface area contributed by atoms with Crippen molar-refractivity contribution in [2.24, 2.45) is 0 Å². The number of nitrogens with one attached hydrogen (secondary N) is 2. The van der Waals surface area contributed by atoms with E-state index in [0.29, 0.717) is 36.1 Å². The molecule has 4 rings (SSSR count). The molecule has 3 heterocycles. The summed E-state index contributed by atoms with van der Waals surface area (Å²) in [5.74, 6) is 0.179. The Morgan fingerprint density at radius 3 is 2.90 bits per heavy atom. The SMILES string of the molecule is CC1C(=O)NCCN1c1ncc(-c2cccc(Nc3nccc(C(F)(F)F)n3)c2)o1. The smallest absolute Gasteiger partial charge is 0.423 e. The second-order valence-electron chi connectivity index (χ2n) is 6.64. The summed E-state index contributed by atoms with van der Waals surface area (Å²) in [5.41, 5.74) is 0.103. The molecule has 0 radical (unpaired) electrons. The van der Waals surface area contributed by atoms with Crippen LogP contribution in [0.3, 0.4) is 0 Å². The predicted molar refractivity (Wildman–Crippen MR) is 102 cm³/mol. The fraction of sp³-hybridized carbons (Fsp3) is 0.263. The summed E-state index contributed by atoms with van der Waals surface area (Å²) in [4.78, 5) is 25.2. The lowest BCUT2D eigenvalue weighted by molar-refractivity contribution is -0.141. The van der Waals surface area contributed by atoms with Gasteiger partial charge < -0.3 is 20.0 Å². The number of carbonyl (C=O) groups excluding carboxylic acids is 1. The molecule has 2 aromatic heterocycles. The molecule has 0 spiro atoms. The van der Waals surface area contributed by atoms with Crippen molar-refractivity contribution >= 4 is 23.6 Å². The fourth-order valence-electron chi connectivity index (χ4n) is 3.03. The molecule has 1 aromatic carbocycles. The molecule has 2 N–H and O–H groups in total. The van der Waals surface area contributed by atoms with Crippen LogP contribution in [-0.4, -0.2) is 40.0 Å². The van der Waals surface area contributed by atoms with Crippen molar-refractivity contribution in [2.45, 2.75) is 19.1 Å². The van der Waals surface area contributed by atoms with Gasteiger partial charge in [-0.15, -0.1) is 0 Å². The van der Waals surface area contributed by atoms with Gasteiger partial charge in [0.25, 0.3) is 6.01 Å². The van der Waals surface area contributed by atoms with E-state index < -0.39 is 17.9 Å². The summed E-state index contributed by atoms with van der Waals surface area (Å²) in [6, 6.07) is 7.56. The van der Waals surface area contributed by atoms with Crippen LogP contribution < -0.4 is 15.5 Å². The van der Waals surface area contributed by atoms with Gasteiger partial charge in [-0.1, -0.05) is 12.1 Å². The molecule has 1 fully saturated rings. The molecule has 1 amide bonds. The molecule has 1 aliphatic rings. The van der Waals surface area contributed by atoms with Crippen molar-refractivity contribution in [1.29, 1.82) is 0 Å². The molecule has 0 bridgehead atoms. The van der Waals surface area contributed by atoms with Crippen LogP contribution in [0.15, 0.2) is 47.1 Å². The molecule has 1 unspecified atom stereocenters. The monoisotopic (exact) mass is 418 g/mol. The first-order valence-electron chi connectivity index (χ1n) is 9.09. The number of benzene rings is 1. The van der Waals surface area contributed by atoms with Crippen molar-refractivity contribution < 1.29 is 22.4 Å². The summed E-state index contributed by atoms with van der Waals surface area (Å²) in [6.07, 6.45) is -1.98. The maximum absolute atomic E-state index is 12.8. The zero-order valence-electron chi connectivity index (χ0n) is 15.8. The van der Waals surface area contributed by atoms with Crippen molar-refractivity contribution in [3.05, 3.63) is 48.4 Å². The number of nitrogens with zero attached hydrogens (tertiary/aromatic N) is 4. The number of piperazine rings is 1. The topological polar surface area (TPSA) is 96.2 Å². The number of anilines is 3. The number of alkyl halides is 3. The minimum absolute atomic E-state index is 0.103. The van der Waals surface area contributed by atoms with E-state index in [2.05, 4.69) is 25.6 Å². The third-order valence-electron chi connectivity index (χ3n) is 4.59. The van der Waals surface area contributed by atoms with Crippen LogP contribution in [0.25, 0.3) is 11.3 Å². The third-order valence-corrected chi connectivity index (χ3v) is 4.59. The van der Waals surface area contributed by atoms with E-state index in [4.69, 9.17) is 4.42 Å². The number of oxazole rings is 1. The van der Waals surface area contributed by atoms with Crippen LogP contribution in [0, 0.1) is 0 Å². The van der Waals surface area contributed by atoms with Gasteiger partial charge in [-0.3, -0.25) is 4.79 Å². The Kier molecular flexibility index (Phi) is 5.02. The number of hydrogen-bond donors (Lipinski definition) is 2. The Labute approximate surface area is 169 Å². The van der Waals surface area contributed by atoms with Crippen LogP contribution in [0.4, 0.5) is 30.8 Å². The summed E-state index contributed by atoms with van der Waals surface area (Å²) < 4.78 is 44.3. The quantitative estimate of drug-likeness (QED) is 0.672. The Balaban J connectivity index is 1.55. The average molecular weight is 418 g/mol. The third kappa shape index (κ3) is 4.04. The van der Waals surface area contributed by atoms with E-state index in [9.17, 15) is 18.0 Å². The average Bonchev–Trinajstić information content (AvgIpc) is 3.20. The maximum atomic E-state index is 12.8. The molecule has 1 atom stereocenters. The van der Waals surface area contributed by atoms with Crippen molar-refractivity contribution in [1.82, 2.24) is 20.3 Å². The van der Waals surface area contributed by atoms with Crippen LogP contribution in [0.5, 0.6) is 0 Å². The van der Waals surface area contributed by atoms with Crippen molar-refractivity contribution in [3.63, 3.8) is 0 Å². The Morgan fingerprint density at radius 1 is 1.27 bits per heavy atom. The fourth-order valence-corrected chi connectivity index (χ4v) is 3.03. The highest BCUT2D eigenvalue weighted by molar-refractivity contribution is 5.85. The Hall–Kier alpha value is -3.63. The minimum Gasteiger partial charge on any atom is -0.423 e. The van der Waals surface area contributed by atoms with Gasteiger partial charge in [0.2, 0.25) is 11.9 Å². The molecule has 0 aliphatic carbocycles. The maximum Gasteiger partial charge on any atom is 0.433 e. The summed E-state index contributed by atoms with van der Waals surface area (Å²) in [6.45, 7) is 2.83. The lowest BCUT2D eigenvalue weighted by atomic mass is 10.1. The number of aromatic nitrogens is 3. The first-order chi connectivity index (χ1) is 14.3. The Morgan fingerprint density at radius 2 is 2.10 bits per heavy atom. The number of rotatable bonds is 4. The van der Waals surface area contributed by atoms with Gasteiger partial charge >= 0.3 is 6.18 Å². The molecule has 11 heteroatoms. The zero-order chi connectivity index (χ0) is 21.3. The first-order valence-corrected chi connectivity index (χ1v) is 9.09. The number of halogens is 3.